The van der Waals surface area contributed by atoms with E-state index in [9.17, 15) is 4.79 Å². The van der Waals surface area contributed by atoms with E-state index in [0.29, 0.717) is 0 Å². The fourth-order valence-corrected chi connectivity index (χ4v) is 2.04. The van der Waals surface area contributed by atoms with Crippen LogP contribution in [0.15, 0.2) is 11.1 Å². The highest BCUT2D eigenvalue weighted by molar-refractivity contribution is 6.72. The standard InChI is InChI=1S/C9H10Cl4O2/c1-8(2)4(6(8)7(14)15)3-5(10)9(11,12)13/h3-4,6H,1-2H3,(H,14,15)/t4-,6-/m0/s1. The number of allylic oxidation sites excluding steroid dienone is 2. The summed E-state index contributed by atoms with van der Waals surface area (Å²) in [7, 11) is 0. The molecule has 0 amide bonds. The van der Waals surface area contributed by atoms with Gasteiger partial charge in [0.15, 0.2) is 0 Å². The van der Waals surface area contributed by atoms with Gasteiger partial charge in [-0.2, -0.15) is 0 Å². The summed E-state index contributed by atoms with van der Waals surface area (Å²) >= 11 is 22.4. The molecule has 1 fully saturated rings. The number of hydrogen-bond acceptors (Lipinski definition) is 1. The molecule has 0 saturated heterocycles. The summed E-state index contributed by atoms with van der Waals surface area (Å²) in [5, 5.41) is 8.95. The quantitative estimate of drug-likeness (QED) is 0.785. The highest BCUT2D eigenvalue weighted by Crippen LogP contribution is 2.60. The summed E-state index contributed by atoms with van der Waals surface area (Å²) in [4.78, 5) is 10.8. The Labute approximate surface area is 108 Å². The van der Waals surface area contributed by atoms with Crippen molar-refractivity contribution in [2.24, 2.45) is 17.3 Å². The van der Waals surface area contributed by atoms with E-state index >= 15 is 0 Å². The van der Waals surface area contributed by atoms with Gasteiger partial charge in [0.2, 0.25) is 3.79 Å². The van der Waals surface area contributed by atoms with Gasteiger partial charge in [-0.3, -0.25) is 4.79 Å². The summed E-state index contributed by atoms with van der Waals surface area (Å²) < 4.78 is -1.68. The Morgan fingerprint density at radius 1 is 1.40 bits per heavy atom. The zero-order chi connectivity index (χ0) is 12.0. The average Bonchev–Trinajstić information content (AvgIpc) is 2.50. The van der Waals surface area contributed by atoms with E-state index in [1.54, 1.807) is 0 Å². The monoisotopic (exact) mass is 290 g/mol. The van der Waals surface area contributed by atoms with Crippen LogP contribution >= 0.6 is 46.4 Å². The minimum absolute atomic E-state index is 0.0503. The number of alkyl halides is 3. The third kappa shape index (κ3) is 2.73. The van der Waals surface area contributed by atoms with Crippen molar-refractivity contribution in [1.29, 1.82) is 0 Å². The van der Waals surface area contributed by atoms with Crippen LogP contribution in [0.25, 0.3) is 0 Å². The fourth-order valence-electron chi connectivity index (χ4n) is 1.71. The Morgan fingerprint density at radius 3 is 2.13 bits per heavy atom. The molecule has 15 heavy (non-hydrogen) atoms. The van der Waals surface area contributed by atoms with Gasteiger partial charge in [-0.25, -0.2) is 0 Å². The molecule has 1 aliphatic carbocycles. The van der Waals surface area contributed by atoms with Gasteiger partial charge in [-0.15, -0.1) is 0 Å². The van der Waals surface area contributed by atoms with E-state index in [0.717, 1.165) is 0 Å². The van der Waals surface area contributed by atoms with E-state index in [1.165, 1.54) is 6.08 Å². The average molecular weight is 292 g/mol. The molecule has 6 heteroatoms. The van der Waals surface area contributed by atoms with E-state index in [4.69, 9.17) is 51.5 Å². The molecule has 86 valence electrons. The molecule has 0 aromatic carbocycles. The maximum atomic E-state index is 10.8. The highest BCUT2D eigenvalue weighted by atomic mass is 35.6. The van der Waals surface area contributed by atoms with Crippen molar-refractivity contribution in [3.05, 3.63) is 11.1 Å². The van der Waals surface area contributed by atoms with Crippen molar-refractivity contribution in [2.75, 3.05) is 0 Å². The summed E-state index contributed by atoms with van der Waals surface area (Å²) in [6.45, 7) is 3.69. The minimum atomic E-state index is -1.68. The molecule has 0 spiro atoms. The van der Waals surface area contributed by atoms with Crippen LogP contribution in [0, 0.1) is 17.3 Å². The van der Waals surface area contributed by atoms with E-state index in [1.807, 2.05) is 13.8 Å². The molecule has 2 atom stereocenters. The van der Waals surface area contributed by atoms with Crippen LogP contribution < -0.4 is 0 Å². The molecule has 0 aliphatic heterocycles. The number of aliphatic carboxylic acids is 1. The molecule has 1 aliphatic rings. The van der Waals surface area contributed by atoms with Crippen molar-refractivity contribution >= 4 is 52.4 Å². The highest BCUT2D eigenvalue weighted by Gasteiger charge is 2.61. The summed E-state index contributed by atoms with van der Waals surface area (Å²) in [5.41, 5.74) is -0.331. The SMILES string of the molecule is CC1(C)[C@H](C(=O)O)[C@@H]1C=C(Cl)C(Cl)(Cl)Cl. The van der Waals surface area contributed by atoms with Crippen molar-refractivity contribution in [1.82, 2.24) is 0 Å². The zero-order valence-corrected chi connectivity index (χ0v) is 11.1. The number of carboxylic acid groups (broad SMARTS) is 1. The van der Waals surface area contributed by atoms with Gasteiger partial charge < -0.3 is 5.11 Å². The van der Waals surface area contributed by atoms with Crippen LogP contribution in [0.5, 0.6) is 0 Å². The smallest absolute Gasteiger partial charge is 0.307 e. The molecule has 0 unspecified atom stereocenters. The lowest BCUT2D eigenvalue weighted by Gasteiger charge is -2.09. The normalized spacial score (nSPS) is 30.1. The second kappa shape index (κ2) is 3.99. The van der Waals surface area contributed by atoms with Gasteiger partial charge in [0.1, 0.15) is 0 Å². The van der Waals surface area contributed by atoms with Crippen molar-refractivity contribution in [3.63, 3.8) is 0 Å². The van der Waals surface area contributed by atoms with Crippen molar-refractivity contribution in [2.45, 2.75) is 17.6 Å². The second-order valence-electron chi connectivity index (χ2n) is 4.18. The molecule has 0 aromatic rings. The van der Waals surface area contributed by atoms with Gasteiger partial charge in [0.05, 0.1) is 11.0 Å². The molecular weight excluding hydrogens is 282 g/mol. The Kier molecular flexibility index (Phi) is 3.57. The van der Waals surface area contributed by atoms with Crippen LogP contribution in [0.3, 0.4) is 0 Å². The summed E-state index contributed by atoms with van der Waals surface area (Å²) in [6.07, 6.45) is 1.52. The third-order valence-corrected chi connectivity index (χ3v) is 4.08. The molecule has 0 aromatic heterocycles. The lowest BCUT2D eigenvalue weighted by atomic mass is 10.1. The lowest BCUT2D eigenvalue weighted by Crippen LogP contribution is -2.03. The number of rotatable bonds is 2. The number of hydrogen-bond donors (Lipinski definition) is 1. The first kappa shape index (κ1) is 13.4. The van der Waals surface area contributed by atoms with Gasteiger partial charge in [-0.1, -0.05) is 66.3 Å². The molecule has 0 radical (unpaired) electrons. The van der Waals surface area contributed by atoms with E-state index in [-0.39, 0.29) is 16.4 Å². The van der Waals surface area contributed by atoms with E-state index in [2.05, 4.69) is 0 Å². The molecule has 0 bridgehead atoms. The fraction of sp³-hybridized carbons (Fsp3) is 0.667. The summed E-state index contributed by atoms with van der Waals surface area (Å²) in [5.74, 6) is -1.49. The lowest BCUT2D eigenvalue weighted by molar-refractivity contribution is -0.139. The summed E-state index contributed by atoms with van der Waals surface area (Å²) in [6, 6.07) is 0. The maximum absolute atomic E-state index is 10.8. The van der Waals surface area contributed by atoms with Gasteiger partial charge in [0, 0.05) is 0 Å². The maximum Gasteiger partial charge on any atom is 0.307 e. The van der Waals surface area contributed by atoms with Crippen LogP contribution in [0.4, 0.5) is 0 Å². The van der Waals surface area contributed by atoms with Gasteiger partial charge >= 0.3 is 5.97 Å². The third-order valence-electron chi connectivity index (χ3n) is 2.77. The molecule has 0 heterocycles. The molecule has 1 N–H and O–H groups in total. The Morgan fingerprint density at radius 2 is 1.87 bits per heavy atom. The number of halogens is 4. The Bertz CT molecular complexity index is 317. The predicted octanol–water partition coefficient (Wildman–Crippen LogP) is 3.84. The van der Waals surface area contributed by atoms with Crippen LogP contribution in [-0.4, -0.2) is 14.9 Å². The van der Waals surface area contributed by atoms with Crippen LogP contribution in [0.2, 0.25) is 0 Å². The van der Waals surface area contributed by atoms with Crippen molar-refractivity contribution < 1.29 is 9.90 Å². The number of carbonyl (C=O) groups is 1. The first-order valence-corrected chi connectivity index (χ1v) is 5.77. The first-order valence-electron chi connectivity index (χ1n) is 4.26. The van der Waals surface area contributed by atoms with Gasteiger partial charge in [-0.05, 0) is 11.3 Å². The van der Waals surface area contributed by atoms with Crippen molar-refractivity contribution in [3.8, 4) is 0 Å². The molecule has 1 rings (SSSR count). The minimum Gasteiger partial charge on any atom is -0.481 e. The number of carboxylic acids is 1. The van der Waals surface area contributed by atoms with E-state index < -0.39 is 15.7 Å². The Balaban J connectivity index is 2.83. The molecule has 2 nitrogen and oxygen atoms in total. The first-order chi connectivity index (χ1) is 6.58. The molecule has 1 saturated carbocycles. The second-order valence-corrected chi connectivity index (χ2v) is 6.86. The largest absolute Gasteiger partial charge is 0.481 e. The molecular formula is C9H10Cl4O2. The predicted molar refractivity (Wildman–Crippen MR) is 62.6 cm³/mol. The Hall–Kier alpha value is 0.370. The zero-order valence-electron chi connectivity index (χ0n) is 8.10. The van der Waals surface area contributed by atoms with Gasteiger partial charge in [0.25, 0.3) is 0 Å². The van der Waals surface area contributed by atoms with Crippen LogP contribution in [-0.2, 0) is 4.79 Å². The topological polar surface area (TPSA) is 37.3 Å². The van der Waals surface area contributed by atoms with Crippen LogP contribution in [0.1, 0.15) is 13.8 Å².